The van der Waals surface area contributed by atoms with Crippen LogP contribution in [-0.2, 0) is 9.53 Å². The van der Waals surface area contributed by atoms with Crippen molar-refractivity contribution in [2.75, 3.05) is 38.2 Å². The SMILES string of the molecule is CO[C@H]1C[C@@H](CNC(=O)C=C2CCNCC2)N(c2cc(C)ncn2)C1. The first-order chi connectivity index (χ1) is 12.2. The number of amides is 1. The number of nitrogens with one attached hydrogen (secondary N) is 2. The van der Waals surface area contributed by atoms with Crippen molar-refractivity contribution in [1.29, 1.82) is 0 Å². The molecule has 1 aromatic heterocycles. The maximum atomic E-state index is 12.2. The highest BCUT2D eigenvalue weighted by atomic mass is 16.5. The molecule has 25 heavy (non-hydrogen) atoms. The average molecular weight is 345 g/mol. The fraction of sp³-hybridized carbons (Fsp3) is 0.611. The van der Waals surface area contributed by atoms with Crippen LogP contribution in [0.1, 0.15) is 25.0 Å². The van der Waals surface area contributed by atoms with Gasteiger partial charge in [-0.1, -0.05) is 5.57 Å². The summed E-state index contributed by atoms with van der Waals surface area (Å²) in [5.74, 6) is 0.889. The van der Waals surface area contributed by atoms with Crippen molar-refractivity contribution in [3.63, 3.8) is 0 Å². The molecule has 0 spiro atoms. The highest BCUT2D eigenvalue weighted by molar-refractivity contribution is 5.88. The molecule has 0 bridgehead atoms. The van der Waals surface area contributed by atoms with Gasteiger partial charge in [0.15, 0.2) is 0 Å². The van der Waals surface area contributed by atoms with E-state index in [9.17, 15) is 4.79 Å². The second kappa shape index (κ2) is 8.40. The number of hydrogen-bond acceptors (Lipinski definition) is 6. The quantitative estimate of drug-likeness (QED) is 0.769. The number of carbonyl (C=O) groups is 1. The van der Waals surface area contributed by atoms with Crippen LogP contribution < -0.4 is 15.5 Å². The molecule has 136 valence electrons. The highest BCUT2D eigenvalue weighted by Crippen LogP contribution is 2.25. The van der Waals surface area contributed by atoms with Crippen LogP contribution >= 0.6 is 0 Å². The summed E-state index contributed by atoms with van der Waals surface area (Å²) in [5, 5.41) is 6.35. The van der Waals surface area contributed by atoms with Gasteiger partial charge in [0, 0.05) is 38.0 Å². The van der Waals surface area contributed by atoms with Crippen molar-refractivity contribution < 1.29 is 9.53 Å². The molecule has 0 saturated carbocycles. The Balaban J connectivity index is 1.61. The number of ether oxygens (including phenoxy) is 1. The number of aryl methyl sites for hydroxylation is 1. The van der Waals surface area contributed by atoms with Crippen molar-refractivity contribution in [1.82, 2.24) is 20.6 Å². The molecule has 0 unspecified atom stereocenters. The molecular weight excluding hydrogens is 318 g/mol. The number of hydrogen-bond donors (Lipinski definition) is 2. The summed E-state index contributed by atoms with van der Waals surface area (Å²) in [6.07, 6.45) is 6.29. The van der Waals surface area contributed by atoms with Crippen LogP contribution in [0.25, 0.3) is 0 Å². The zero-order chi connectivity index (χ0) is 17.6. The molecule has 3 heterocycles. The summed E-state index contributed by atoms with van der Waals surface area (Å²) in [5.41, 5.74) is 2.16. The van der Waals surface area contributed by atoms with Crippen molar-refractivity contribution in [2.24, 2.45) is 0 Å². The lowest BCUT2D eigenvalue weighted by molar-refractivity contribution is -0.116. The van der Waals surface area contributed by atoms with Crippen LogP contribution in [0.15, 0.2) is 24.0 Å². The van der Waals surface area contributed by atoms with Crippen molar-refractivity contribution >= 4 is 11.7 Å². The maximum absolute atomic E-state index is 12.2. The van der Waals surface area contributed by atoms with E-state index in [0.717, 1.165) is 50.4 Å². The molecule has 0 aliphatic carbocycles. The Morgan fingerprint density at radius 2 is 2.24 bits per heavy atom. The van der Waals surface area contributed by atoms with Gasteiger partial charge in [0.1, 0.15) is 12.1 Å². The number of rotatable bonds is 5. The molecule has 2 fully saturated rings. The minimum atomic E-state index is -0.00316. The van der Waals surface area contributed by atoms with Crippen LogP contribution in [0.5, 0.6) is 0 Å². The predicted octanol–water partition coefficient (Wildman–Crippen LogP) is 0.805. The van der Waals surface area contributed by atoms with Crippen molar-refractivity contribution in [3.05, 3.63) is 29.7 Å². The van der Waals surface area contributed by atoms with Gasteiger partial charge in [0.05, 0.1) is 12.1 Å². The number of nitrogens with zero attached hydrogens (tertiary/aromatic N) is 3. The maximum Gasteiger partial charge on any atom is 0.244 e. The Labute approximate surface area is 148 Å². The van der Waals surface area contributed by atoms with Crippen LogP contribution in [0.4, 0.5) is 5.82 Å². The molecule has 2 aliphatic heterocycles. The van der Waals surface area contributed by atoms with Crippen LogP contribution in [0.3, 0.4) is 0 Å². The lowest BCUT2D eigenvalue weighted by Crippen LogP contribution is -2.40. The molecule has 3 rings (SSSR count). The molecule has 2 N–H and O–H groups in total. The Hall–Kier alpha value is -1.99. The normalized spacial score (nSPS) is 23.6. The zero-order valence-corrected chi connectivity index (χ0v) is 15.0. The molecule has 2 aliphatic rings. The van der Waals surface area contributed by atoms with Gasteiger partial charge in [-0.2, -0.15) is 0 Å². The summed E-state index contributed by atoms with van der Waals surface area (Å²) in [4.78, 5) is 23.0. The summed E-state index contributed by atoms with van der Waals surface area (Å²) in [7, 11) is 1.73. The molecule has 2 atom stereocenters. The van der Waals surface area contributed by atoms with Crippen molar-refractivity contribution in [3.8, 4) is 0 Å². The zero-order valence-electron chi connectivity index (χ0n) is 15.0. The third-order valence-electron chi connectivity index (χ3n) is 4.89. The van der Waals surface area contributed by atoms with Crippen LogP contribution in [0, 0.1) is 6.92 Å². The first-order valence-electron chi connectivity index (χ1n) is 8.92. The van der Waals surface area contributed by atoms with E-state index < -0.39 is 0 Å². The fourth-order valence-electron chi connectivity index (χ4n) is 3.46. The number of aromatic nitrogens is 2. The van der Waals surface area contributed by atoms with Crippen LogP contribution in [0.2, 0.25) is 0 Å². The van der Waals surface area contributed by atoms with Gasteiger partial charge in [-0.15, -0.1) is 0 Å². The number of anilines is 1. The van der Waals surface area contributed by atoms with E-state index >= 15 is 0 Å². The van der Waals surface area contributed by atoms with Gasteiger partial charge in [-0.3, -0.25) is 4.79 Å². The van der Waals surface area contributed by atoms with E-state index in [1.54, 1.807) is 19.5 Å². The largest absolute Gasteiger partial charge is 0.380 e. The highest BCUT2D eigenvalue weighted by Gasteiger charge is 2.33. The molecule has 0 aromatic carbocycles. The van der Waals surface area contributed by atoms with E-state index in [0.29, 0.717) is 6.54 Å². The lowest BCUT2D eigenvalue weighted by Gasteiger charge is -2.25. The van der Waals surface area contributed by atoms with E-state index in [1.807, 2.05) is 13.0 Å². The molecule has 2 saturated heterocycles. The Morgan fingerprint density at radius 3 is 2.96 bits per heavy atom. The Morgan fingerprint density at radius 1 is 1.44 bits per heavy atom. The van der Waals surface area contributed by atoms with Gasteiger partial charge in [-0.05, 0) is 39.3 Å². The second-order valence-electron chi connectivity index (χ2n) is 6.71. The standard InChI is InChI=1S/C18H27N5O2/c1-13-7-17(22-12-21-13)23-11-16(25-2)9-15(23)10-20-18(24)8-14-3-5-19-6-4-14/h7-8,12,15-16,19H,3-6,9-11H2,1-2H3,(H,20,24)/t15-,16-/m0/s1. The van der Waals surface area contributed by atoms with Gasteiger partial charge in [0.25, 0.3) is 0 Å². The minimum Gasteiger partial charge on any atom is -0.380 e. The third-order valence-corrected chi connectivity index (χ3v) is 4.89. The van der Waals surface area contributed by atoms with Gasteiger partial charge < -0.3 is 20.3 Å². The lowest BCUT2D eigenvalue weighted by atomic mass is 10.1. The summed E-state index contributed by atoms with van der Waals surface area (Å²) in [6.45, 7) is 5.23. The number of carbonyl (C=O) groups excluding carboxylic acids is 1. The second-order valence-corrected chi connectivity index (χ2v) is 6.71. The molecule has 1 amide bonds. The first-order valence-corrected chi connectivity index (χ1v) is 8.92. The topological polar surface area (TPSA) is 79.4 Å². The number of piperidine rings is 1. The summed E-state index contributed by atoms with van der Waals surface area (Å²) >= 11 is 0. The average Bonchev–Trinajstić information content (AvgIpc) is 3.04. The minimum absolute atomic E-state index is 0.00316. The first kappa shape index (κ1) is 17.8. The third kappa shape index (κ3) is 4.76. The number of methoxy groups -OCH3 is 1. The molecule has 1 aromatic rings. The van der Waals surface area contributed by atoms with Gasteiger partial charge in [0.2, 0.25) is 5.91 Å². The Kier molecular flexibility index (Phi) is 5.99. The Bertz CT molecular complexity index is 626. The molecular formula is C18H27N5O2. The monoisotopic (exact) mass is 345 g/mol. The van der Waals surface area contributed by atoms with E-state index in [-0.39, 0.29) is 18.1 Å². The van der Waals surface area contributed by atoms with E-state index in [2.05, 4.69) is 25.5 Å². The predicted molar refractivity (Wildman–Crippen MR) is 96.5 cm³/mol. The van der Waals surface area contributed by atoms with Gasteiger partial charge in [-0.25, -0.2) is 9.97 Å². The fourth-order valence-corrected chi connectivity index (χ4v) is 3.46. The van der Waals surface area contributed by atoms with E-state index in [4.69, 9.17) is 4.74 Å². The molecule has 7 heteroatoms. The van der Waals surface area contributed by atoms with Gasteiger partial charge >= 0.3 is 0 Å². The summed E-state index contributed by atoms with van der Waals surface area (Å²) in [6, 6.07) is 2.15. The summed E-state index contributed by atoms with van der Waals surface area (Å²) < 4.78 is 5.54. The van der Waals surface area contributed by atoms with E-state index in [1.165, 1.54) is 5.57 Å². The smallest absolute Gasteiger partial charge is 0.244 e. The van der Waals surface area contributed by atoms with Crippen LogP contribution in [-0.4, -0.2) is 61.3 Å². The molecule has 7 nitrogen and oxygen atoms in total. The van der Waals surface area contributed by atoms with Crippen molar-refractivity contribution in [2.45, 2.75) is 38.3 Å². The molecule has 0 radical (unpaired) electrons.